The number of morpholine rings is 1. The first kappa shape index (κ1) is 17.9. The third-order valence-electron chi connectivity index (χ3n) is 5.21. The van der Waals surface area contributed by atoms with Crippen LogP contribution in [0.5, 0.6) is 0 Å². The van der Waals surface area contributed by atoms with Gasteiger partial charge in [0, 0.05) is 24.8 Å². The Labute approximate surface area is 157 Å². The summed E-state index contributed by atoms with van der Waals surface area (Å²) in [6.45, 7) is 5.19. The molecule has 0 atom stereocenters. The molecule has 1 aliphatic carbocycles. The largest absolute Gasteiger partial charge is 0.378 e. The number of aryl methyl sites for hydroxylation is 1. The van der Waals surface area contributed by atoms with E-state index in [0.29, 0.717) is 19.0 Å². The maximum atomic E-state index is 13.2. The zero-order valence-corrected chi connectivity index (χ0v) is 15.4. The van der Waals surface area contributed by atoms with Crippen molar-refractivity contribution in [3.05, 3.63) is 53.2 Å². The molecule has 1 saturated carbocycles. The molecule has 2 aliphatic rings. The molecule has 1 aromatic carbocycles. The topological polar surface area (TPSA) is 67.3 Å². The minimum atomic E-state index is -0.537. The Hall–Kier alpha value is -2.54. The fraction of sp³-hybridized carbons (Fsp3) is 0.450. The Bertz CT molecular complexity index is 830. The van der Waals surface area contributed by atoms with E-state index in [1.807, 2.05) is 13.0 Å². The number of anilines is 1. The Kier molecular flexibility index (Phi) is 4.78. The van der Waals surface area contributed by atoms with Crippen molar-refractivity contribution >= 4 is 11.7 Å². The first-order chi connectivity index (χ1) is 13.1. The van der Waals surface area contributed by atoms with Crippen LogP contribution in [-0.4, -0.2) is 42.2 Å². The van der Waals surface area contributed by atoms with Gasteiger partial charge >= 0.3 is 0 Å². The average molecular weight is 370 g/mol. The first-order valence-corrected chi connectivity index (χ1v) is 9.28. The second-order valence-electron chi connectivity index (χ2n) is 7.15. The fourth-order valence-corrected chi connectivity index (χ4v) is 3.51. The normalized spacial score (nSPS) is 18.2. The Morgan fingerprint density at radius 3 is 2.59 bits per heavy atom. The van der Waals surface area contributed by atoms with Crippen LogP contribution in [0, 0.1) is 12.7 Å². The van der Waals surface area contributed by atoms with Crippen molar-refractivity contribution in [1.82, 2.24) is 15.3 Å². The molecule has 1 saturated heterocycles. The van der Waals surface area contributed by atoms with E-state index in [2.05, 4.69) is 20.2 Å². The monoisotopic (exact) mass is 370 g/mol. The van der Waals surface area contributed by atoms with Gasteiger partial charge in [0.15, 0.2) is 0 Å². The fourth-order valence-electron chi connectivity index (χ4n) is 3.51. The number of carbonyl (C=O) groups excluding carboxylic acids is 1. The van der Waals surface area contributed by atoms with Crippen LogP contribution in [0.2, 0.25) is 0 Å². The van der Waals surface area contributed by atoms with Gasteiger partial charge < -0.3 is 15.0 Å². The number of hydrogen-bond donors (Lipinski definition) is 1. The molecule has 0 unspecified atom stereocenters. The predicted molar refractivity (Wildman–Crippen MR) is 99.0 cm³/mol. The Morgan fingerprint density at radius 1 is 1.22 bits per heavy atom. The van der Waals surface area contributed by atoms with Crippen molar-refractivity contribution in [3.63, 3.8) is 0 Å². The molecule has 1 aromatic heterocycles. The maximum Gasteiger partial charge on any atom is 0.231 e. The third kappa shape index (κ3) is 3.78. The van der Waals surface area contributed by atoms with Crippen LogP contribution < -0.4 is 10.2 Å². The number of carbonyl (C=O) groups is 1. The average Bonchev–Trinajstić information content (AvgIpc) is 3.49. The lowest BCUT2D eigenvalue weighted by atomic mass is 9.95. The van der Waals surface area contributed by atoms with E-state index >= 15 is 0 Å². The smallest absolute Gasteiger partial charge is 0.231 e. The third-order valence-corrected chi connectivity index (χ3v) is 5.21. The number of amides is 1. The summed E-state index contributed by atoms with van der Waals surface area (Å²) in [5, 5.41) is 2.97. The highest BCUT2D eigenvalue weighted by Gasteiger charge is 2.51. The molecule has 7 heteroatoms. The molecular weight excluding hydrogens is 347 g/mol. The van der Waals surface area contributed by atoms with Crippen molar-refractivity contribution in [2.75, 3.05) is 31.2 Å². The van der Waals surface area contributed by atoms with Crippen molar-refractivity contribution in [3.8, 4) is 0 Å². The summed E-state index contributed by atoms with van der Waals surface area (Å²) in [5.41, 5.74) is 1.20. The first-order valence-electron chi connectivity index (χ1n) is 9.28. The number of nitrogens with zero attached hydrogens (tertiary/aromatic N) is 3. The van der Waals surface area contributed by atoms with Gasteiger partial charge in [0.05, 0.1) is 25.2 Å². The number of ether oxygens (including phenoxy) is 1. The number of hydrogen-bond acceptors (Lipinski definition) is 5. The van der Waals surface area contributed by atoms with Crippen LogP contribution in [-0.2, 0) is 21.5 Å². The summed E-state index contributed by atoms with van der Waals surface area (Å²) >= 11 is 0. The maximum absolute atomic E-state index is 13.2. The van der Waals surface area contributed by atoms with Gasteiger partial charge in [-0.25, -0.2) is 14.4 Å². The minimum absolute atomic E-state index is 0.0489. The number of aromatic nitrogens is 2. The van der Waals surface area contributed by atoms with Crippen molar-refractivity contribution < 1.29 is 13.9 Å². The van der Waals surface area contributed by atoms with Crippen LogP contribution in [0.4, 0.5) is 10.2 Å². The molecule has 2 fully saturated rings. The lowest BCUT2D eigenvalue weighted by Gasteiger charge is -2.28. The summed E-state index contributed by atoms with van der Waals surface area (Å²) in [7, 11) is 0. The van der Waals surface area contributed by atoms with E-state index in [4.69, 9.17) is 4.74 Å². The Balaban J connectivity index is 1.44. The summed E-state index contributed by atoms with van der Waals surface area (Å²) < 4.78 is 18.6. The van der Waals surface area contributed by atoms with Crippen molar-refractivity contribution in [2.24, 2.45) is 0 Å². The van der Waals surface area contributed by atoms with Gasteiger partial charge in [0.1, 0.15) is 17.5 Å². The lowest BCUT2D eigenvalue weighted by molar-refractivity contribution is -0.123. The second kappa shape index (κ2) is 7.23. The molecule has 0 bridgehead atoms. The van der Waals surface area contributed by atoms with Gasteiger partial charge in [-0.05, 0) is 37.5 Å². The Morgan fingerprint density at radius 2 is 1.93 bits per heavy atom. The summed E-state index contributed by atoms with van der Waals surface area (Å²) in [4.78, 5) is 24.0. The highest BCUT2D eigenvalue weighted by Crippen LogP contribution is 2.48. The molecule has 4 rings (SSSR count). The van der Waals surface area contributed by atoms with Gasteiger partial charge in [0.2, 0.25) is 5.91 Å². The van der Waals surface area contributed by atoms with Crippen LogP contribution in [0.3, 0.4) is 0 Å². The highest BCUT2D eigenvalue weighted by molar-refractivity contribution is 5.91. The van der Waals surface area contributed by atoms with Gasteiger partial charge in [-0.15, -0.1) is 0 Å². The molecule has 1 N–H and O–H groups in total. The molecule has 2 heterocycles. The van der Waals surface area contributed by atoms with E-state index < -0.39 is 5.41 Å². The highest BCUT2D eigenvalue weighted by atomic mass is 19.1. The predicted octanol–water partition coefficient (Wildman–Crippen LogP) is 2.11. The summed E-state index contributed by atoms with van der Waals surface area (Å²) in [6, 6.07) is 8.16. The van der Waals surface area contributed by atoms with E-state index in [9.17, 15) is 9.18 Å². The van der Waals surface area contributed by atoms with Gasteiger partial charge in [-0.2, -0.15) is 0 Å². The lowest BCUT2D eigenvalue weighted by Crippen LogP contribution is -2.37. The molecule has 0 radical (unpaired) electrons. The molecule has 2 aromatic rings. The number of nitrogens with one attached hydrogen (secondary N) is 1. The van der Waals surface area contributed by atoms with Crippen LogP contribution >= 0.6 is 0 Å². The number of benzene rings is 1. The molecule has 6 nitrogen and oxygen atoms in total. The van der Waals surface area contributed by atoms with Crippen LogP contribution in [0.1, 0.15) is 29.9 Å². The summed E-state index contributed by atoms with van der Waals surface area (Å²) in [6.07, 6.45) is 1.55. The van der Waals surface area contributed by atoms with E-state index in [0.717, 1.165) is 43.0 Å². The second-order valence-corrected chi connectivity index (χ2v) is 7.15. The molecule has 142 valence electrons. The zero-order valence-electron chi connectivity index (χ0n) is 15.4. The number of halogens is 1. The zero-order chi connectivity index (χ0) is 18.9. The van der Waals surface area contributed by atoms with E-state index in [-0.39, 0.29) is 18.3 Å². The van der Waals surface area contributed by atoms with E-state index in [1.54, 1.807) is 12.1 Å². The van der Waals surface area contributed by atoms with Crippen LogP contribution in [0.15, 0.2) is 30.3 Å². The van der Waals surface area contributed by atoms with E-state index in [1.165, 1.54) is 12.1 Å². The van der Waals surface area contributed by atoms with Gasteiger partial charge in [0.25, 0.3) is 0 Å². The van der Waals surface area contributed by atoms with Gasteiger partial charge in [-0.3, -0.25) is 4.79 Å². The quantitative estimate of drug-likeness (QED) is 0.873. The minimum Gasteiger partial charge on any atom is -0.378 e. The molecule has 1 aliphatic heterocycles. The van der Waals surface area contributed by atoms with Crippen molar-refractivity contribution in [1.29, 1.82) is 0 Å². The molecule has 27 heavy (non-hydrogen) atoms. The molecule has 1 amide bonds. The van der Waals surface area contributed by atoms with Crippen LogP contribution in [0.25, 0.3) is 0 Å². The summed E-state index contributed by atoms with van der Waals surface area (Å²) in [5.74, 6) is 1.13. The molecular formula is C20H23FN4O2. The van der Waals surface area contributed by atoms with Crippen molar-refractivity contribution in [2.45, 2.75) is 31.7 Å². The van der Waals surface area contributed by atoms with Gasteiger partial charge in [-0.1, -0.05) is 12.1 Å². The SMILES string of the molecule is Cc1cc(N2CCOCC2)nc(CNC(=O)C2(c3ccc(F)cc3)CC2)n1. The number of rotatable bonds is 5. The standard InChI is InChI=1S/C20H23FN4O2/c1-14-12-18(25-8-10-27-11-9-25)24-17(23-14)13-22-19(26)20(6-7-20)15-2-4-16(21)5-3-15/h2-5,12H,6-11,13H2,1H3,(H,22,26). The molecule has 0 spiro atoms.